The summed E-state index contributed by atoms with van der Waals surface area (Å²) in [6.45, 7) is 7.09. The minimum Gasteiger partial charge on any atom is -0.228 e. The number of rotatable bonds is 5. The van der Waals surface area contributed by atoms with E-state index in [9.17, 15) is 0 Å². The van der Waals surface area contributed by atoms with E-state index in [1.807, 2.05) is 6.07 Å². The van der Waals surface area contributed by atoms with Crippen molar-refractivity contribution in [3.63, 3.8) is 0 Å². The number of hydrogen-bond acceptors (Lipinski definition) is 2. The molecular formula is C59H42N2. The maximum atomic E-state index is 5.39. The van der Waals surface area contributed by atoms with Gasteiger partial charge in [-0.15, -0.1) is 0 Å². The number of nitrogens with zero attached hydrogens (tertiary/aromatic N) is 2. The van der Waals surface area contributed by atoms with E-state index in [0.29, 0.717) is 5.82 Å². The number of fused-ring (bicyclic) bond motifs is 9. The smallest absolute Gasteiger partial charge is 0.160 e. The summed E-state index contributed by atoms with van der Waals surface area (Å²) in [5.41, 5.74) is 18.9. The summed E-state index contributed by atoms with van der Waals surface area (Å²) in [4.78, 5) is 10.8. The molecule has 0 N–H and O–H groups in total. The first kappa shape index (κ1) is 35.5. The molecule has 2 aliphatic rings. The standard InChI is InChI=1S/C59H42N2/c1-58(2)49-33-30-39(35-48(49)55-42-22-11-10-17-37(42)29-34-51(55)58)41-31-32-45(44-24-13-12-23-43(41)44)53-36-54(61-57(60-53)38-18-6-4-7-19-38)47-26-16-28-52-56(47)46-25-14-15-27-50(46)59(52,3)40-20-8-5-9-21-40/h4-36H,1-3H3. The molecule has 2 heteroatoms. The molecule has 2 nitrogen and oxygen atoms in total. The van der Waals surface area contributed by atoms with Crippen molar-refractivity contribution in [2.45, 2.75) is 31.6 Å². The highest BCUT2D eigenvalue weighted by molar-refractivity contribution is 6.07. The van der Waals surface area contributed by atoms with Crippen molar-refractivity contribution >= 4 is 21.5 Å². The highest BCUT2D eigenvalue weighted by Crippen LogP contribution is 2.56. The lowest BCUT2D eigenvalue weighted by Gasteiger charge is -2.28. The zero-order chi connectivity index (χ0) is 40.9. The fraction of sp³-hybridized carbons (Fsp3) is 0.0847. The van der Waals surface area contributed by atoms with Gasteiger partial charge < -0.3 is 0 Å². The third kappa shape index (κ3) is 5.22. The average molecular weight is 779 g/mol. The molecule has 1 unspecified atom stereocenters. The first-order valence-corrected chi connectivity index (χ1v) is 21.3. The quantitative estimate of drug-likeness (QED) is 0.174. The summed E-state index contributed by atoms with van der Waals surface area (Å²) in [5.74, 6) is 0.711. The van der Waals surface area contributed by atoms with E-state index in [-0.39, 0.29) is 10.8 Å². The fourth-order valence-electron chi connectivity index (χ4n) is 10.7. The first-order valence-electron chi connectivity index (χ1n) is 21.3. The fourth-order valence-corrected chi connectivity index (χ4v) is 10.7. The van der Waals surface area contributed by atoms with Gasteiger partial charge in [-0.05, 0) is 102 Å². The predicted octanol–water partition coefficient (Wildman–Crippen LogP) is 15.1. The Kier molecular flexibility index (Phi) is 7.74. The molecular weight excluding hydrogens is 737 g/mol. The lowest BCUT2D eigenvalue weighted by Crippen LogP contribution is -2.22. The van der Waals surface area contributed by atoms with Crippen LogP contribution in [0.2, 0.25) is 0 Å². The van der Waals surface area contributed by atoms with Crippen LogP contribution in [-0.2, 0) is 10.8 Å². The largest absolute Gasteiger partial charge is 0.228 e. The van der Waals surface area contributed by atoms with Crippen LogP contribution in [0.25, 0.3) is 88.8 Å². The molecule has 10 aromatic rings. The summed E-state index contributed by atoms with van der Waals surface area (Å²) in [7, 11) is 0. The molecule has 1 atom stereocenters. The van der Waals surface area contributed by atoms with Crippen molar-refractivity contribution in [1.29, 1.82) is 0 Å². The Morgan fingerprint density at radius 2 is 0.951 bits per heavy atom. The molecule has 1 heterocycles. The average Bonchev–Trinajstić information content (AvgIpc) is 3.73. The highest BCUT2D eigenvalue weighted by atomic mass is 14.9. The molecule has 0 spiro atoms. The van der Waals surface area contributed by atoms with E-state index < -0.39 is 0 Å². The van der Waals surface area contributed by atoms with Gasteiger partial charge in [-0.2, -0.15) is 0 Å². The van der Waals surface area contributed by atoms with Crippen LogP contribution in [0.15, 0.2) is 200 Å². The molecule has 2 aliphatic carbocycles. The summed E-state index contributed by atoms with van der Waals surface area (Å²) >= 11 is 0. The highest BCUT2D eigenvalue weighted by Gasteiger charge is 2.42. The Bertz CT molecular complexity index is 3400. The van der Waals surface area contributed by atoms with Gasteiger partial charge >= 0.3 is 0 Å². The Morgan fingerprint density at radius 1 is 0.344 bits per heavy atom. The first-order chi connectivity index (χ1) is 29.9. The zero-order valence-electron chi connectivity index (χ0n) is 34.4. The van der Waals surface area contributed by atoms with E-state index >= 15 is 0 Å². The van der Waals surface area contributed by atoms with Crippen LogP contribution in [0, 0.1) is 0 Å². The lowest BCUT2D eigenvalue weighted by atomic mass is 9.74. The van der Waals surface area contributed by atoms with Crippen LogP contribution >= 0.6 is 0 Å². The maximum absolute atomic E-state index is 5.39. The van der Waals surface area contributed by atoms with Gasteiger partial charge in [0.25, 0.3) is 0 Å². The summed E-state index contributed by atoms with van der Waals surface area (Å²) in [5, 5.41) is 4.95. The molecule has 0 saturated heterocycles. The van der Waals surface area contributed by atoms with Gasteiger partial charge in [0.2, 0.25) is 0 Å². The molecule has 0 bridgehead atoms. The van der Waals surface area contributed by atoms with Gasteiger partial charge in [0.1, 0.15) is 0 Å². The van der Waals surface area contributed by atoms with Crippen molar-refractivity contribution in [3.8, 4) is 67.3 Å². The summed E-state index contributed by atoms with van der Waals surface area (Å²) in [6, 6.07) is 73.1. The van der Waals surface area contributed by atoms with Gasteiger partial charge in [-0.3, -0.25) is 0 Å². The van der Waals surface area contributed by atoms with Crippen molar-refractivity contribution in [2.24, 2.45) is 0 Å². The van der Waals surface area contributed by atoms with E-state index in [2.05, 4.69) is 215 Å². The van der Waals surface area contributed by atoms with Crippen molar-refractivity contribution in [3.05, 3.63) is 228 Å². The van der Waals surface area contributed by atoms with Crippen LogP contribution in [0.4, 0.5) is 0 Å². The molecule has 61 heavy (non-hydrogen) atoms. The number of hydrogen-bond donors (Lipinski definition) is 0. The third-order valence-electron chi connectivity index (χ3n) is 13.8. The van der Waals surface area contributed by atoms with Crippen molar-refractivity contribution in [2.75, 3.05) is 0 Å². The Labute approximate surface area is 356 Å². The molecule has 1 aromatic heterocycles. The Balaban J connectivity index is 1.05. The van der Waals surface area contributed by atoms with Crippen LogP contribution in [0.1, 0.15) is 48.6 Å². The Hall–Kier alpha value is -7.42. The van der Waals surface area contributed by atoms with E-state index in [0.717, 1.165) is 33.5 Å². The van der Waals surface area contributed by atoms with Gasteiger partial charge in [-0.1, -0.05) is 202 Å². The molecule has 0 radical (unpaired) electrons. The number of benzene rings is 9. The van der Waals surface area contributed by atoms with Crippen LogP contribution in [-0.4, -0.2) is 9.97 Å². The van der Waals surface area contributed by atoms with Crippen LogP contribution < -0.4 is 0 Å². The molecule has 288 valence electrons. The maximum Gasteiger partial charge on any atom is 0.160 e. The minimum atomic E-state index is -0.310. The van der Waals surface area contributed by atoms with Crippen LogP contribution in [0.5, 0.6) is 0 Å². The van der Waals surface area contributed by atoms with E-state index in [1.54, 1.807) is 0 Å². The van der Waals surface area contributed by atoms with Gasteiger partial charge in [-0.25, -0.2) is 9.97 Å². The SMILES string of the molecule is CC1(C)c2ccc(-c3ccc(-c4cc(-c5cccc6c5-c5ccccc5C6(C)c5ccccc5)nc(-c5ccccc5)n4)c4ccccc34)cc2-c2c1ccc1ccccc21. The lowest BCUT2D eigenvalue weighted by molar-refractivity contribution is 0.661. The van der Waals surface area contributed by atoms with Gasteiger partial charge in [0.05, 0.1) is 11.4 Å². The molecule has 0 aliphatic heterocycles. The second-order valence-corrected chi connectivity index (χ2v) is 17.4. The van der Waals surface area contributed by atoms with E-state index in [4.69, 9.17) is 9.97 Å². The molecule has 9 aromatic carbocycles. The van der Waals surface area contributed by atoms with Crippen molar-refractivity contribution < 1.29 is 0 Å². The second-order valence-electron chi connectivity index (χ2n) is 17.4. The van der Waals surface area contributed by atoms with E-state index in [1.165, 1.54) is 77.4 Å². The molecule has 12 rings (SSSR count). The van der Waals surface area contributed by atoms with Gasteiger partial charge in [0, 0.05) is 27.5 Å². The molecule has 0 saturated carbocycles. The Morgan fingerprint density at radius 3 is 1.75 bits per heavy atom. The zero-order valence-corrected chi connectivity index (χ0v) is 34.4. The van der Waals surface area contributed by atoms with Crippen molar-refractivity contribution in [1.82, 2.24) is 9.97 Å². The van der Waals surface area contributed by atoms with Gasteiger partial charge in [0.15, 0.2) is 5.82 Å². The third-order valence-corrected chi connectivity index (χ3v) is 13.8. The predicted molar refractivity (Wildman–Crippen MR) is 254 cm³/mol. The number of aromatic nitrogens is 2. The second kappa shape index (κ2) is 13.3. The molecule has 0 fully saturated rings. The monoisotopic (exact) mass is 778 g/mol. The topological polar surface area (TPSA) is 25.8 Å². The minimum absolute atomic E-state index is 0.0819. The normalized spacial score (nSPS) is 15.7. The van der Waals surface area contributed by atoms with Crippen LogP contribution in [0.3, 0.4) is 0 Å². The summed E-state index contributed by atoms with van der Waals surface area (Å²) in [6.07, 6.45) is 0. The summed E-state index contributed by atoms with van der Waals surface area (Å²) < 4.78 is 0. The molecule has 0 amide bonds.